The molecule has 4 bridgehead atoms. The molecule has 2 aromatic heterocycles. The quantitative estimate of drug-likeness (QED) is 0.212. The number of amides is 1. The lowest BCUT2D eigenvalue weighted by Crippen LogP contribution is -2.44. The maximum absolute atomic E-state index is 14.6. The van der Waals surface area contributed by atoms with Gasteiger partial charge < -0.3 is 19.3 Å². The van der Waals surface area contributed by atoms with Crippen molar-refractivity contribution in [3.05, 3.63) is 83.3 Å². The van der Waals surface area contributed by atoms with Crippen LogP contribution in [0.2, 0.25) is 0 Å². The molecule has 0 saturated carbocycles. The minimum Gasteiger partial charge on any atom is -0.475 e. The highest BCUT2D eigenvalue weighted by atomic mass is 32.2. The maximum Gasteiger partial charge on any atom is 0.264 e. The summed E-state index contributed by atoms with van der Waals surface area (Å²) in [6.45, 7) is 13.6. The number of carbonyl (C=O) groups excluding carboxylic acids is 1. The van der Waals surface area contributed by atoms with Crippen LogP contribution in [0.3, 0.4) is 0 Å². The first kappa shape index (κ1) is 37.1. The zero-order valence-corrected chi connectivity index (χ0v) is 31.9. The number of ether oxygens (including phenoxy) is 2. The summed E-state index contributed by atoms with van der Waals surface area (Å²) in [7, 11) is -2.47. The molecule has 4 aromatic rings. The van der Waals surface area contributed by atoms with Gasteiger partial charge in [-0.15, -0.1) is 0 Å². The molecule has 0 aliphatic carbocycles. The number of benzene rings is 2. The molecule has 2 aromatic carbocycles. The van der Waals surface area contributed by atoms with Gasteiger partial charge in [-0.2, -0.15) is 4.98 Å². The summed E-state index contributed by atoms with van der Waals surface area (Å²) in [5, 5.41) is 0. The highest BCUT2D eigenvalue weighted by molar-refractivity contribution is 7.92. The first-order chi connectivity index (χ1) is 24.7. The van der Waals surface area contributed by atoms with E-state index in [0.29, 0.717) is 17.8 Å². The van der Waals surface area contributed by atoms with Crippen LogP contribution < -0.4 is 14.4 Å². The Morgan fingerprint density at radius 1 is 1.04 bits per heavy atom. The van der Waals surface area contributed by atoms with Gasteiger partial charge in [0.15, 0.2) is 0 Å². The number of rotatable bonds is 8. The van der Waals surface area contributed by atoms with Crippen LogP contribution in [0.15, 0.2) is 65.8 Å². The Hall–Kier alpha value is -4.62. The lowest BCUT2D eigenvalue weighted by atomic mass is 9.88. The Morgan fingerprint density at radius 3 is 2.52 bits per heavy atom. The van der Waals surface area contributed by atoms with Crippen LogP contribution in [0.5, 0.6) is 5.88 Å². The second kappa shape index (κ2) is 15.2. The highest BCUT2D eigenvalue weighted by Gasteiger charge is 2.33. The smallest absolute Gasteiger partial charge is 0.264 e. The molecule has 13 heteroatoms. The second-order valence-corrected chi connectivity index (χ2v) is 16.7. The highest BCUT2D eigenvalue weighted by Crippen LogP contribution is 2.32. The van der Waals surface area contributed by atoms with Crippen molar-refractivity contribution in [2.45, 2.75) is 96.9 Å². The Labute approximate surface area is 307 Å². The van der Waals surface area contributed by atoms with E-state index in [4.69, 9.17) is 14.5 Å². The number of nitrogens with one attached hydrogen (secondary N) is 1. The molecule has 1 fully saturated rings. The van der Waals surface area contributed by atoms with E-state index in [0.717, 1.165) is 48.3 Å². The van der Waals surface area contributed by atoms with E-state index in [1.807, 2.05) is 32.0 Å². The number of methoxy groups -OCH3 is 1. The topological polar surface area (TPSA) is 140 Å². The van der Waals surface area contributed by atoms with Crippen molar-refractivity contribution in [3.8, 4) is 17.1 Å². The molecule has 0 spiro atoms. The molecule has 52 heavy (non-hydrogen) atoms. The van der Waals surface area contributed by atoms with Crippen molar-refractivity contribution in [1.82, 2.24) is 24.8 Å². The fraction of sp³-hybridized carbons (Fsp3) is 0.462. The minimum atomic E-state index is -4.19. The number of anilines is 2. The third kappa shape index (κ3) is 8.36. The zero-order chi connectivity index (χ0) is 37.2. The van der Waals surface area contributed by atoms with E-state index in [-0.39, 0.29) is 58.9 Å². The first-order valence-electron chi connectivity index (χ1n) is 17.8. The third-order valence-electron chi connectivity index (χ3n) is 9.92. The van der Waals surface area contributed by atoms with E-state index in [9.17, 15) is 13.2 Å². The number of carbonyl (C=O) groups is 1. The number of aryl methyl sites for hydroxylation is 2. The SMILES string of the molecule is CO[C@H](C)[C@@H]1CCCN1c1cncc(CN2C(=O)c3cccc(c3)S(=O)(=O)Nc3nc(cc(-c4c(C)cccc4C)n3)OC[C@H]2CCC(C)(C)C)n1. The average molecular weight is 728 g/mol. The summed E-state index contributed by atoms with van der Waals surface area (Å²) >= 11 is 0. The number of hydrogen-bond acceptors (Lipinski definition) is 10. The molecule has 276 valence electrons. The fourth-order valence-electron chi connectivity index (χ4n) is 7.02. The van der Waals surface area contributed by atoms with Gasteiger partial charge in [-0.3, -0.25) is 9.78 Å². The minimum absolute atomic E-state index is 0.0168. The normalized spacial score (nSPS) is 19.6. The van der Waals surface area contributed by atoms with Gasteiger partial charge in [0.1, 0.15) is 12.4 Å². The van der Waals surface area contributed by atoms with E-state index in [1.165, 1.54) is 12.1 Å². The summed E-state index contributed by atoms with van der Waals surface area (Å²) in [4.78, 5) is 37.2. The molecule has 0 unspecified atom stereocenters. The van der Waals surface area contributed by atoms with Gasteiger partial charge in [-0.1, -0.05) is 45.0 Å². The van der Waals surface area contributed by atoms with Crippen LogP contribution in [0.4, 0.5) is 11.8 Å². The molecule has 1 amide bonds. The Kier molecular flexibility index (Phi) is 10.8. The second-order valence-electron chi connectivity index (χ2n) is 15.0. The number of hydrogen-bond donors (Lipinski definition) is 1. The summed E-state index contributed by atoms with van der Waals surface area (Å²) in [6, 6.07) is 13.4. The molecule has 3 atom stereocenters. The van der Waals surface area contributed by atoms with E-state index < -0.39 is 16.1 Å². The standard InChI is InChI=1S/C39H49N7O5S/c1-25-11-8-12-26(2)36(25)32-20-35-43-38(42-32)44-52(48,49)31-14-9-13-28(19-31)37(47)46(30(24-51-35)16-17-39(4,5)6)23-29-21-40-22-34(41-29)45-18-10-15-33(45)27(3)50-7/h8-9,11-14,19-22,27,30,33H,10,15-18,23-24H2,1-7H3,(H,42,43,44)/t27-,30-,33+/m1/s1. The van der Waals surface area contributed by atoms with Gasteiger partial charge in [0.25, 0.3) is 15.9 Å². The van der Waals surface area contributed by atoms with Crippen molar-refractivity contribution in [2.75, 3.05) is 29.9 Å². The summed E-state index contributed by atoms with van der Waals surface area (Å²) in [5.41, 5.74) is 4.14. The fourth-order valence-corrected chi connectivity index (χ4v) is 8.00. The summed E-state index contributed by atoms with van der Waals surface area (Å²) in [6.07, 6.45) is 6.87. The lowest BCUT2D eigenvalue weighted by molar-refractivity contribution is 0.0549. The van der Waals surface area contributed by atoms with Gasteiger partial charge in [0.05, 0.1) is 53.4 Å². The number of fused-ring (bicyclic) bond motifs is 4. The molecule has 12 nitrogen and oxygen atoms in total. The van der Waals surface area contributed by atoms with Crippen LogP contribution in [0.1, 0.15) is 80.6 Å². The van der Waals surface area contributed by atoms with Gasteiger partial charge in [-0.05, 0) is 81.2 Å². The predicted molar refractivity (Wildman–Crippen MR) is 201 cm³/mol. The Bertz CT molecular complexity index is 2010. The molecule has 0 radical (unpaired) electrons. The molecular formula is C39H49N7O5S. The number of sulfonamides is 1. The molecule has 1 saturated heterocycles. The van der Waals surface area contributed by atoms with Gasteiger partial charge >= 0.3 is 0 Å². The molecule has 2 aliphatic heterocycles. The molecule has 4 heterocycles. The van der Waals surface area contributed by atoms with Crippen molar-refractivity contribution in [1.29, 1.82) is 0 Å². The third-order valence-corrected chi connectivity index (χ3v) is 11.2. The van der Waals surface area contributed by atoms with Crippen molar-refractivity contribution in [3.63, 3.8) is 0 Å². The Balaban J connectivity index is 1.45. The first-order valence-corrected chi connectivity index (χ1v) is 19.3. The van der Waals surface area contributed by atoms with Crippen LogP contribution in [0.25, 0.3) is 11.3 Å². The zero-order valence-electron chi connectivity index (χ0n) is 31.1. The maximum atomic E-state index is 14.6. The van der Waals surface area contributed by atoms with Crippen molar-refractivity contribution < 1.29 is 22.7 Å². The molecular weight excluding hydrogens is 679 g/mol. The van der Waals surface area contributed by atoms with Crippen molar-refractivity contribution >= 4 is 27.7 Å². The molecule has 2 aliphatic rings. The van der Waals surface area contributed by atoms with E-state index in [2.05, 4.69) is 52.3 Å². The summed E-state index contributed by atoms with van der Waals surface area (Å²) in [5.74, 6) is 0.464. The monoisotopic (exact) mass is 727 g/mol. The number of aromatic nitrogens is 4. The van der Waals surface area contributed by atoms with Crippen LogP contribution in [-0.4, -0.2) is 77.6 Å². The van der Waals surface area contributed by atoms with Crippen LogP contribution >= 0.6 is 0 Å². The van der Waals surface area contributed by atoms with E-state index >= 15 is 0 Å². The van der Waals surface area contributed by atoms with Crippen molar-refractivity contribution in [2.24, 2.45) is 5.41 Å². The van der Waals surface area contributed by atoms with Gasteiger partial charge in [0.2, 0.25) is 11.8 Å². The largest absolute Gasteiger partial charge is 0.475 e. The molecule has 6 rings (SSSR count). The van der Waals surface area contributed by atoms with Gasteiger partial charge in [0, 0.05) is 30.8 Å². The summed E-state index contributed by atoms with van der Waals surface area (Å²) < 4.78 is 42.2. The number of nitrogens with zero attached hydrogens (tertiary/aromatic N) is 6. The van der Waals surface area contributed by atoms with Crippen LogP contribution in [0, 0.1) is 19.3 Å². The molecule has 1 N–H and O–H groups in total. The average Bonchev–Trinajstić information content (AvgIpc) is 3.60. The Morgan fingerprint density at radius 2 is 1.79 bits per heavy atom. The van der Waals surface area contributed by atoms with E-state index in [1.54, 1.807) is 42.6 Å². The van der Waals surface area contributed by atoms with Crippen LogP contribution in [-0.2, 0) is 21.3 Å². The van der Waals surface area contributed by atoms with Gasteiger partial charge in [-0.25, -0.2) is 23.1 Å². The predicted octanol–water partition coefficient (Wildman–Crippen LogP) is 6.58. The lowest BCUT2D eigenvalue weighted by Gasteiger charge is -2.34.